The Kier molecular flexibility index (Phi) is 4.21. The Morgan fingerprint density at radius 3 is 2.39 bits per heavy atom. The van der Waals surface area contributed by atoms with Gasteiger partial charge in [0.2, 0.25) is 0 Å². The zero-order chi connectivity index (χ0) is 13.0. The summed E-state index contributed by atoms with van der Waals surface area (Å²) in [5, 5.41) is 0. The normalized spacial score (nSPS) is 10.4. The van der Waals surface area contributed by atoms with E-state index in [1.54, 1.807) is 6.20 Å². The molecule has 2 aromatic rings. The number of ether oxygens (including phenoxy) is 1. The molecule has 0 atom stereocenters. The molecule has 18 heavy (non-hydrogen) atoms. The standard InChI is InChI=1S/C15H16ClNO/c1-11-5-12(2)7-13(6-11)10-18-15-4-3-14(8-16)17-9-15/h3-7,9H,8,10H2,1-2H3. The van der Waals surface area contributed by atoms with Crippen LogP contribution >= 0.6 is 11.6 Å². The van der Waals surface area contributed by atoms with Crippen molar-refractivity contribution in [2.45, 2.75) is 26.3 Å². The van der Waals surface area contributed by atoms with Crippen LogP contribution in [0.25, 0.3) is 0 Å². The van der Waals surface area contributed by atoms with Crippen LogP contribution in [0.4, 0.5) is 0 Å². The Hall–Kier alpha value is -1.54. The van der Waals surface area contributed by atoms with Crippen LogP contribution in [0.5, 0.6) is 5.75 Å². The van der Waals surface area contributed by atoms with E-state index < -0.39 is 0 Å². The lowest BCUT2D eigenvalue weighted by Crippen LogP contribution is -1.97. The Balaban J connectivity index is 2.01. The van der Waals surface area contributed by atoms with Crippen molar-refractivity contribution in [3.63, 3.8) is 0 Å². The first-order valence-corrected chi connectivity index (χ1v) is 6.41. The van der Waals surface area contributed by atoms with Crippen LogP contribution in [0.15, 0.2) is 36.5 Å². The van der Waals surface area contributed by atoms with Gasteiger partial charge in [-0.05, 0) is 31.5 Å². The number of aryl methyl sites for hydroxylation is 2. The molecule has 0 unspecified atom stereocenters. The largest absolute Gasteiger partial charge is 0.487 e. The smallest absolute Gasteiger partial charge is 0.138 e. The molecule has 0 bridgehead atoms. The minimum Gasteiger partial charge on any atom is -0.487 e. The number of aromatic nitrogens is 1. The monoisotopic (exact) mass is 261 g/mol. The maximum absolute atomic E-state index is 5.70. The van der Waals surface area contributed by atoms with E-state index in [4.69, 9.17) is 16.3 Å². The van der Waals surface area contributed by atoms with E-state index in [2.05, 4.69) is 37.0 Å². The molecule has 1 heterocycles. The molecule has 0 radical (unpaired) electrons. The first kappa shape index (κ1) is 12.9. The number of benzene rings is 1. The SMILES string of the molecule is Cc1cc(C)cc(COc2ccc(CCl)nc2)c1. The molecule has 94 valence electrons. The van der Waals surface area contributed by atoms with Crippen molar-refractivity contribution in [3.05, 3.63) is 58.9 Å². The fourth-order valence-electron chi connectivity index (χ4n) is 1.89. The van der Waals surface area contributed by atoms with Gasteiger partial charge in [-0.2, -0.15) is 0 Å². The second-order valence-electron chi connectivity index (χ2n) is 4.40. The molecule has 0 spiro atoms. The zero-order valence-electron chi connectivity index (χ0n) is 10.6. The lowest BCUT2D eigenvalue weighted by molar-refractivity contribution is 0.304. The summed E-state index contributed by atoms with van der Waals surface area (Å²) >= 11 is 5.68. The van der Waals surface area contributed by atoms with Crippen molar-refractivity contribution in [1.29, 1.82) is 0 Å². The Labute approximate surface area is 113 Å². The van der Waals surface area contributed by atoms with Gasteiger partial charge in [0.05, 0.1) is 17.8 Å². The molecular formula is C15H16ClNO. The summed E-state index contributed by atoms with van der Waals surface area (Å²) in [4.78, 5) is 4.19. The molecule has 0 aliphatic rings. The molecular weight excluding hydrogens is 246 g/mol. The Morgan fingerprint density at radius 1 is 1.11 bits per heavy atom. The molecule has 0 N–H and O–H groups in total. The molecule has 0 saturated carbocycles. The second kappa shape index (κ2) is 5.87. The minimum absolute atomic E-state index is 0.428. The third kappa shape index (κ3) is 3.47. The maximum atomic E-state index is 5.70. The number of nitrogens with zero attached hydrogens (tertiary/aromatic N) is 1. The van der Waals surface area contributed by atoms with Gasteiger partial charge in [0.25, 0.3) is 0 Å². The van der Waals surface area contributed by atoms with Gasteiger partial charge in [-0.15, -0.1) is 11.6 Å². The molecule has 2 rings (SSSR count). The average molecular weight is 262 g/mol. The van der Waals surface area contributed by atoms with Crippen LogP contribution in [-0.2, 0) is 12.5 Å². The molecule has 0 amide bonds. The van der Waals surface area contributed by atoms with Crippen LogP contribution in [0.1, 0.15) is 22.4 Å². The topological polar surface area (TPSA) is 22.1 Å². The van der Waals surface area contributed by atoms with Gasteiger partial charge in [-0.3, -0.25) is 4.98 Å². The summed E-state index contributed by atoms with van der Waals surface area (Å²) in [7, 11) is 0. The van der Waals surface area contributed by atoms with Gasteiger partial charge < -0.3 is 4.74 Å². The first-order valence-electron chi connectivity index (χ1n) is 5.88. The van der Waals surface area contributed by atoms with Crippen molar-refractivity contribution in [2.75, 3.05) is 0 Å². The predicted octanol–water partition coefficient (Wildman–Crippen LogP) is 4.02. The number of rotatable bonds is 4. The van der Waals surface area contributed by atoms with Gasteiger partial charge in [0.1, 0.15) is 12.4 Å². The maximum Gasteiger partial charge on any atom is 0.138 e. The summed E-state index contributed by atoms with van der Waals surface area (Å²) in [6.45, 7) is 4.74. The predicted molar refractivity (Wildman–Crippen MR) is 74.0 cm³/mol. The fourth-order valence-corrected chi connectivity index (χ4v) is 2.05. The lowest BCUT2D eigenvalue weighted by Gasteiger charge is -2.08. The van der Waals surface area contributed by atoms with Crippen molar-refractivity contribution >= 4 is 11.6 Å². The molecule has 3 heteroatoms. The first-order chi connectivity index (χ1) is 8.67. The summed E-state index contributed by atoms with van der Waals surface area (Å²) < 4.78 is 5.70. The fraction of sp³-hybridized carbons (Fsp3) is 0.267. The Bertz CT molecular complexity index is 502. The van der Waals surface area contributed by atoms with Gasteiger partial charge in [-0.1, -0.05) is 29.3 Å². The average Bonchev–Trinajstić information content (AvgIpc) is 2.36. The highest BCUT2D eigenvalue weighted by Crippen LogP contribution is 2.14. The van der Waals surface area contributed by atoms with Gasteiger partial charge in [0, 0.05) is 0 Å². The van der Waals surface area contributed by atoms with Gasteiger partial charge in [0.15, 0.2) is 0 Å². The molecule has 2 nitrogen and oxygen atoms in total. The van der Waals surface area contributed by atoms with Crippen molar-refractivity contribution in [3.8, 4) is 5.75 Å². The van der Waals surface area contributed by atoms with Crippen LogP contribution in [-0.4, -0.2) is 4.98 Å². The Morgan fingerprint density at radius 2 is 1.83 bits per heavy atom. The van der Waals surface area contributed by atoms with Crippen LogP contribution in [0.3, 0.4) is 0 Å². The summed E-state index contributed by atoms with van der Waals surface area (Å²) in [6, 6.07) is 10.2. The van der Waals surface area contributed by atoms with E-state index in [0.29, 0.717) is 12.5 Å². The highest BCUT2D eigenvalue weighted by molar-refractivity contribution is 6.16. The number of halogens is 1. The summed E-state index contributed by atoms with van der Waals surface area (Å²) in [5.74, 6) is 1.19. The van der Waals surface area contributed by atoms with Crippen molar-refractivity contribution < 1.29 is 4.74 Å². The molecule has 0 aliphatic heterocycles. The summed E-state index contributed by atoms with van der Waals surface area (Å²) in [5.41, 5.74) is 4.54. The van der Waals surface area contributed by atoms with Crippen LogP contribution < -0.4 is 4.74 Å². The number of hydrogen-bond acceptors (Lipinski definition) is 2. The van der Waals surface area contributed by atoms with E-state index in [1.165, 1.54) is 16.7 Å². The minimum atomic E-state index is 0.428. The van der Waals surface area contributed by atoms with E-state index in [0.717, 1.165) is 11.4 Å². The van der Waals surface area contributed by atoms with Crippen LogP contribution in [0, 0.1) is 13.8 Å². The molecule has 1 aromatic carbocycles. The number of pyridine rings is 1. The van der Waals surface area contributed by atoms with Crippen molar-refractivity contribution in [1.82, 2.24) is 4.98 Å². The van der Waals surface area contributed by atoms with E-state index >= 15 is 0 Å². The van der Waals surface area contributed by atoms with Gasteiger partial charge >= 0.3 is 0 Å². The van der Waals surface area contributed by atoms with Gasteiger partial charge in [-0.25, -0.2) is 0 Å². The zero-order valence-corrected chi connectivity index (χ0v) is 11.4. The number of alkyl halides is 1. The quantitative estimate of drug-likeness (QED) is 0.776. The lowest BCUT2D eigenvalue weighted by atomic mass is 10.1. The van der Waals surface area contributed by atoms with E-state index in [9.17, 15) is 0 Å². The molecule has 0 fully saturated rings. The summed E-state index contributed by atoms with van der Waals surface area (Å²) in [6.07, 6.45) is 1.71. The van der Waals surface area contributed by atoms with Crippen LogP contribution in [0.2, 0.25) is 0 Å². The van der Waals surface area contributed by atoms with E-state index in [-0.39, 0.29) is 0 Å². The third-order valence-corrected chi connectivity index (χ3v) is 2.90. The van der Waals surface area contributed by atoms with Crippen molar-refractivity contribution in [2.24, 2.45) is 0 Å². The highest BCUT2D eigenvalue weighted by Gasteiger charge is 1.99. The third-order valence-electron chi connectivity index (χ3n) is 2.62. The highest BCUT2D eigenvalue weighted by atomic mass is 35.5. The number of hydrogen-bond donors (Lipinski definition) is 0. The molecule has 0 saturated heterocycles. The van der Waals surface area contributed by atoms with E-state index in [1.807, 2.05) is 12.1 Å². The molecule has 1 aromatic heterocycles. The second-order valence-corrected chi connectivity index (χ2v) is 4.67. The molecule has 0 aliphatic carbocycles.